The van der Waals surface area contributed by atoms with Crippen molar-refractivity contribution in [1.82, 2.24) is 4.98 Å². The number of para-hydroxylation sites is 2. The molecular formula is C31H20N2S. The van der Waals surface area contributed by atoms with Crippen LogP contribution in [0.25, 0.3) is 32.8 Å². The molecule has 0 saturated carbocycles. The van der Waals surface area contributed by atoms with E-state index in [4.69, 9.17) is 4.98 Å². The quantitative estimate of drug-likeness (QED) is 0.243. The Morgan fingerprint density at radius 2 is 1.12 bits per heavy atom. The molecule has 0 atom stereocenters. The van der Waals surface area contributed by atoms with Crippen LogP contribution in [0.2, 0.25) is 0 Å². The monoisotopic (exact) mass is 452 g/mol. The van der Waals surface area contributed by atoms with Crippen molar-refractivity contribution in [2.75, 3.05) is 4.90 Å². The molecule has 2 heterocycles. The van der Waals surface area contributed by atoms with E-state index in [1.165, 1.54) is 48.8 Å². The van der Waals surface area contributed by atoms with Gasteiger partial charge in [-0.25, -0.2) is 0 Å². The van der Waals surface area contributed by atoms with Crippen molar-refractivity contribution in [3.05, 3.63) is 121 Å². The van der Waals surface area contributed by atoms with Crippen LogP contribution in [0.1, 0.15) is 0 Å². The molecule has 1 aliphatic heterocycles. The lowest BCUT2D eigenvalue weighted by atomic mass is 9.92. The average molecular weight is 453 g/mol. The molecule has 160 valence electrons. The van der Waals surface area contributed by atoms with E-state index in [1.807, 2.05) is 24.0 Å². The molecule has 0 fully saturated rings. The van der Waals surface area contributed by atoms with Gasteiger partial charge in [-0.3, -0.25) is 4.98 Å². The maximum absolute atomic E-state index is 4.94. The fraction of sp³-hybridized carbons (Fsp3) is 0. The van der Waals surface area contributed by atoms with Crippen LogP contribution < -0.4 is 4.90 Å². The molecule has 5 aromatic carbocycles. The number of pyridine rings is 1. The smallest absolute Gasteiger partial charge is 0.0807 e. The summed E-state index contributed by atoms with van der Waals surface area (Å²) in [5, 5.41) is 3.58. The first-order chi connectivity index (χ1) is 16.9. The van der Waals surface area contributed by atoms with Gasteiger partial charge in [-0.15, -0.1) is 0 Å². The first kappa shape index (κ1) is 19.4. The van der Waals surface area contributed by atoms with E-state index in [-0.39, 0.29) is 0 Å². The Morgan fingerprint density at radius 3 is 1.85 bits per heavy atom. The highest BCUT2D eigenvalue weighted by Gasteiger charge is 2.28. The van der Waals surface area contributed by atoms with Gasteiger partial charge in [0.25, 0.3) is 0 Å². The second kappa shape index (κ2) is 7.75. The predicted molar refractivity (Wildman–Crippen MR) is 143 cm³/mol. The van der Waals surface area contributed by atoms with Gasteiger partial charge in [0.05, 0.1) is 22.6 Å². The van der Waals surface area contributed by atoms with Crippen molar-refractivity contribution in [3.63, 3.8) is 0 Å². The maximum atomic E-state index is 4.94. The van der Waals surface area contributed by atoms with Crippen molar-refractivity contribution in [2.45, 2.75) is 9.79 Å². The van der Waals surface area contributed by atoms with Crippen LogP contribution >= 0.6 is 11.8 Å². The first-order valence-corrected chi connectivity index (χ1v) is 12.2. The number of anilines is 3. The summed E-state index contributed by atoms with van der Waals surface area (Å²) in [5.74, 6) is 0. The van der Waals surface area contributed by atoms with E-state index >= 15 is 0 Å². The van der Waals surface area contributed by atoms with Gasteiger partial charge in [0, 0.05) is 32.3 Å². The fourth-order valence-corrected chi connectivity index (χ4v) is 6.12. The van der Waals surface area contributed by atoms with Crippen LogP contribution in [0, 0.1) is 0 Å². The van der Waals surface area contributed by atoms with E-state index in [0.29, 0.717) is 0 Å². The summed E-state index contributed by atoms with van der Waals surface area (Å²) in [4.78, 5) is 9.89. The third-order valence-corrected chi connectivity index (χ3v) is 7.60. The Hall–Kier alpha value is -4.08. The van der Waals surface area contributed by atoms with Crippen LogP contribution in [0.4, 0.5) is 17.1 Å². The average Bonchev–Trinajstić information content (AvgIpc) is 2.91. The number of fused-ring (bicyclic) bond motifs is 4. The minimum absolute atomic E-state index is 1.02. The third kappa shape index (κ3) is 2.87. The summed E-state index contributed by atoms with van der Waals surface area (Å²) in [6, 6.07) is 41.0. The molecule has 7 rings (SSSR count). The Labute approximate surface area is 202 Å². The summed E-state index contributed by atoms with van der Waals surface area (Å²) in [6.45, 7) is 0. The molecule has 1 aliphatic rings. The second-order valence-corrected chi connectivity index (χ2v) is 9.49. The lowest BCUT2D eigenvalue weighted by Gasteiger charge is -2.34. The van der Waals surface area contributed by atoms with E-state index in [2.05, 4.69) is 114 Å². The lowest BCUT2D eigenvalue weighted by molar-refractivity contribution is 1.18. The van der Waals surface area contributed by atoms with Crippen molar-refractivity contribution >= 4 is 50.5 Å². The molecule has 0 unspecified atom stereocenters. The van der Waals surface area contributed by atoms with Crippen LogP contribution in [0.15, 0.2) is 131 Å². The van der Waals surface area contributed by atoms with Gasteiger partial charge in [0.1, 0.15) is 0 Å². The second-order valence-electron chi connectivity index (χ2n) is 8.41. The third-order valence-electron chi connectivity index (χ3n) is 6.47. The number of nitrogens with zero attached hydrogens (tertiary/aromatic N) is 2. The standard InChI is InChI=1S/C31H20N2S/c1-2-11-21(12-3-1)29-22-13-4-5-14-23(22)31(24-15-10-20-32-30(24)29)33-25-16-6-8-18-27(25)34-28-19-9-7-17-26(28)33/h1-20H. The molecule has 0 amide bonds. The van der Waals surface area contributed by atoms with Crippen LogP contribution in [-0.2, 0) is 0 Å². The van der Waals surface area contributed by atoms with E-state index < -0.39 is 0 Å². The van der Waals surface area contributed by atoms with E-state index in [0.717, 1.165) is 10.9 Å². The van der Waals surface area contributed by atoms with Gasteiger partial charge in [-0.05, 0) is 47.3 Å². The first-order valence-electron chi connectivity index (χ1n) is 11.4. The number of rotatable bonds is 2. The summed E-state index contributed by atoms with van der Waals surface area (Å²) < 4.78 is 0. The minimum atomic E-state index is 1.02. The Kier molecular flexibility index (Phi) is 4.42. The van der Waals surface area contributed by atoms with Crippen molar-refractivity contribution in [2.24, 2.45) is 0 Å². The summed E-state index contributed by atoms with van der Waals surface area (Å²) in [6.07, 6.45) is 1.90. The molecule has 1 aromatic heterocycles. The molecule has 0 saturated heterocycles. The zero-order valence-corrected chi connectivity index (χ0v) is 19.2. The Bertz CT molecular complexity index is 1590. The van der Waals surface area contributed by atoms with Gasteiger partial charge in [-0.2, -0.15) is 0 Å². The van der Waals surface area contributed by atoms with E-state index in [9.17, 15) is 0 Å². The van der Waals surface area contributed by atoms with Crippen molar-refractivity contribution in [3.8, 4) is 11.1 Å². The molecular weight excluding hydrogens is 432 g/mol. The van der Waals surface area contributed by atoms with E-state index in [1.54, 1.807) is 0 Å². The number of hydrogen-bond donors (Lipinski definition) is 0. The van der Waals surface area contributed by atoms with Gasteiger partial charge in [0.15, 0.2) is 0 Å². The molecule has 0 bridgehead atoms. The van der Waals surface area contributed by atoms with Gasteiger partial charge in [-0.1, -0.05) is 90.6 Å². The Balaban J connectivity index is 1.66. The maximum Gasteiger partial charge on any atom is 0.0807 e. The molecule has 6 aromatic rings. The number of hydrogen-bond acceptors (Lipinski definition) is 3. The summed E-state index contributed by atoms with van der Waals surface area (Å²) in [7, 11) is 0. The van der Waals surface area contributed by atoms with Gasteiger partial charge >= 0.3 is 0 Å². The van der Waals surface area contributed by atoms with Crippen LogP contribution in [0.3, 0.4) is 0 Å². The molecule has 0 radical (unpaired) electrons. The van der Waals surface area contributed by atoms with Crippen LogP contribution in [0.5, 0.6) is 0 Å². The van der Waals surface area contributed by atoms with Crippen molar-refractivity contribution in [1.29, 1.82) is 0 Å². The SMILES string of the molecule is c1ccc(-c2c3ccccc3c(N3c4ccccc4Sc4ccccc43)c3cccnc23)cc1. The summed E-state index contributed by atoms with van der Waals surface area (Å²) in [5.41, 5.74) is 6.98. The zero-order chi connectivity index (χ0) is 22.5. The highest BCUT2D eigenvalue weighted by molar-refractivity contribution is 7.99. The normalized spacial score (nSPS) is 12.5. The fourth-order valence-electron chi connectivity index (χ4n) is 5.06. The lowest BCUT2D eigenvalue weighted by Crippen LogP contribution is -2.15. The molecule has 0 spiro atoms. The van der Waals surface area contributed by atoms with Gasteiger partial charge < -0.3 is 4.90 Å². The van der Waals surface area contributed by atoms with Crippen LogP contribution in [-0.4, -0.2) is 4.98 Å². The van der Waals surface area contributed by atoms with Gasteiger partial charge in [0.2, 0.25) is 0 Å². The topological polar surface area (TPSA) is 16.1 Å². The Morgan fingerprint density at radius 1 is 0.529 bits per heavy atom. The zero-order valence-electron chi connectivity index (χ0n) is 18.3. The molecule has 2 nitrogen and oxygen atoms in total. The number of benzene rings is 5. The highest BCUT2D eigenvalue weighted by Crippen LogP contribution is 2.54. The molecule has 3 heteroatoms. The molecule has 34 heavy (non-hydrogen) atoms. The summed E-state index contributed by atoms with van der Waals surface area (Å²) >= 11 is 1.83. The van der Waals surface area contributed by atoms with Crippen molar-refractivity contribution < 1.29 is 0 Å². The largest absolute Gasteiger partial charge is 0.307 e. The molecule has 0 aliphatic carbocycles. The number of aromatic nitrogens is 1. The minimum Gasteiger partial charge on any atom is -0.307 e. The molecule has 0 N–H and O–H groups in total. The predicted octanol–water partition coefficient (Wildman–Crippen LogP) is 8.99. The highest BCUT2D eigenvalue weighted by atomic mass is 32.2.